The summed E-state index contributed by atoms with van der Waals surface area (Å²) in [4.78, 5) is 16.2. The normalized spacial score (nSPS) is 12.7. The zero-order valence-electron chi connectivity index (χ0n) is 11.0. The molecule has 108 valence electrons. The fraction of sp³-hybridized carbons (Fsp3) is 0.308. The highest BCUT2D eigenvalue weighted by atomic mass is 79.9. The fourth-order valence-corrected chi connectivity index (χ4v) is 4.63. The Morgan fingerprint density at radius 2 is 2.20 bits per heavy atom. The number of rotatable bonds is 5. The number of likely N-dealkylation sites (N-methyl/N-ethyl adjacent to an activating group) is 1. The Morgan fingerprint density at radius 3 is 2.70 bits per heavy atom. The van der Waals surface area contributed by atoms with Gasteiger partial charge in [-0.15, -0.1) is 22.7 Å². The summed E-state index contributed by atoms with van der Waals surface area (Å²) in [6, 6.07) is 6.16. The maximum absolute atomic E-state index is 12.1. The summed E-state index contributed by atoms with van der Waals surface area (Å²) >= 11 is 9.94. The standard InChI is InChI=1S/C13H14Br2N2OS2/c1-17(2)9(10-4-3-5-19-10)7-16-13(18)11-6-8(14)12(15)20-11/h3-6,9H,7H2,1-2H3,(H,16,18). The number of carbonyl (C=O) groups excluding carboxylic acids is 1. The van der Waals surface area contributed by atoms with Crippen LogP contribution in [0.5, 0.6) is 0 Å². The van der Waals surface area contributed by atoms with Crippen molar-refractivity contribution < 1.29 is 4.79 Å². The fourth-order valence-electron chi connectivity index (χ4n) is 1.75. The summed E-state index contributed by atoms with van der Waals surface area (Å²) in [5.74, 6) is -0.0372. The topological polar surface area (TPSA) is 32.3 Å². The summed E-state index contributed by atoms with van der Waals surface area (Å²) in [5, 5.41) is 5.06. The summed E-state index contributed by atoms with van der Waals surface area (Å²) in [7, 11) is 4.05. The van der Waals surface area contributed by atoms with Crippen molar-refractivity contribution in [2.45, 2.75) is 6.04 Å². The van der Waals surface area contributed by atoms with E-state index < -0.39 is 0 Å². The minimum absolute atomic E-state index is 0.0372. The van der Waals surface area contributed by atoms with E-state index in [1.165, 1.54) is 16.2 Å². The van der Waals surface area contributed by atoms with Gasteiger partial charge >= 0.3 is 0 Å². The lowest BCUT2D eigenvalue weighted by Crippen LogP contribution is -2.33. The number of hydrogen-bond donors (Lipinski definition) is 1. The van der Waals surface area contributed by atoms with Crippen LogP contribution < -0.4 is 5.32 Å². The molecule has 2 aromatic heterocycles. The van der Waals surface area contributed by atoms with E-state index in [1.54, 1.807) is 11.3 Å². The van der Waals surface area contributed by atoms with Crippen LogP contribution in [0.1, 0.15) is 20.6 Å². The van der Waals surface area contributed by atoms with Crippen LogP contribution in [0.3, 0.4) is 0 Å². The van der Waals surface area contributed by atoms with Crippen molar-refractivity contribution in [3.8, 4) is 0 Å². The monoisotopic (exact) mass is 436 g/mol. The van der Waals surface area contributed by atoms with Gasteiger partial charge in [0.05, 0.1) is 14.7 Å². The van der Waals surface area contributed by atoms with E-state index >= 15 is 0 Å². The van der Waals surface area contributed by atoms with Crippen molar-refractivity contribution in [1.82, 2.24) is 10.2 Å². The summed E-state index contributed by atoms with van der Waals surface area (Å²) < 4.78 is 1.85. The molecular formula is C13H14Br2N2OS2. The molecule has 0 aliphatic carbocycles. The van der Waals surface area contributed by atoms with E-state index in [0.717, 1.165) is 8.26 Å². The van der Waals surface area contributed by atoms with Gasteiger partial charge in [-0.1, -0.05) is 6.07 Å². The Balaban J connectivity index is 2.01. The van der Waals surface area contributed by atoms with Crippen LogP contribution in [0.2, 0.25) is 0 Å². The molecule has 0 bridgehead atoms. The number of hydrogen-bond acceptors (Lipinski definition) is 4. The molecule has 7 heteroatoms. The molecule has 0 radical (unpaired) electrons. The van der Waals surface area contributed by atoms with Crippen molar-refractivity contribution in [2.75, 3.05) is 20.6 Å². The number of carbonyl (C=O) groups is 1. The van der Waals surface area contributed by atoms with Crippen molar-refractivity contribution in [3.63, 3.8) is 0 Å². The lowest BCUT2D eigenvalue weighted by Gasteiger charge is -2.23. The first kappa shape index (κ1) is 16.2. The van der Waals surface area contributed by atoms with Crippen LogP contribution in [0.25, 0.3) is 0 Å². The molecule has 0 saturated carbocycles. The molecule has 0 saturated heterocycles. The third-order valence-electron chi connectivity index (χ3n) is 2.82. The molecule has 2 aromatic rings. The number of halogens is 2. The van der Waals surface area contributed by atoms with E-state index in [1.807, 2.05) is 26.2 Å². The first-order chi connectivity index (χ1) is 9.49. The van der Waals surface area contributed by atoms with Gasteiger partial charge < -0.3 is 10.2 Å². The maximum atomic E-state index is 12.1. The lowest BCUT2D eigenvalue weighted by molar-refractivity contribution is 0.0946. The van der Waals surface area contributed by atoms with Crippen LogP contribution in [-0.2, 0) is 0 Å². The Labute approximate surface area is 143 Å². The number of nitrogens with zero attached hydrogens (tertiary/aromatic N) is 1. The van der Waals surface area contributed by atoms with Crippen molar-refractivity contribution in [3.05, 3.63) is 41.6 Å². The second-order valence-electron chi connectivity index (χ2n) is 4.44. The first-order valence-electron chi connectivity index (χ1n) is 5.92. The number of thiophene rings is 2. The predicted molar refractivity (Wildman–Crippen MR) is 92.8 cm³/mol. The van der Waals surface area contributed by atoms with E-state index in [0.29, 0.717) is 11.4 Å². The average molecular weight is 438 g/mol. The number of nitrogens with one attached hydrogen (secondary N) is 1. The van der Waals surface area contributed by atoms with Crippen molar-refractivity contribution in [1.29, 1.82) is 0 Å². The van der Waals surface area contributed by atoms with Crippen molar-refractivity contribution >= 4 is 60.4 Å². The summed E-state index contributed by atoms with van der Waals surface area (Å²) in [6.07, 6.45) is 0. The highest BCUT2D eigenvalue weighted by Gasteiger charge is 2.18. The summed E-state index contributed by atoms with van der Waals surface area (Å²) in [6.45, 7) is 0.597. The predicted octanol–water partition coefficient (Wildman–Crippen LogP) is 4.37. The van der Waals surface area contributed by atoms with Crippen LogP contribution in [0.15, 0.2) is 31.8 Å². The molecule has 0 aliphatic rings. The Kier molecular flexibility index (Phi) is 5.80. The van der Waals surface area contributed by atoms with Crippen LogP contribution >= 0.6 is 54.5 Å². The molecule has 1 amide bonds. The second-order valence-corrected chi connectivity index (χ2v) is 8.64. The SMILES string of the molecule is CN(C)C(CNC(=O)c1cc(Br)c(Br)s1)c1cccs1. The first-order valence-corrected chi connectivity index (χ1v) is 9.20. The molecule has 2 rings (SSSR count). The molecule has 3 nitrogen and oxygen atoms in total. The zero-order valence-corrected chi connectivity index (χ0v) is 15.8. The quantitative estimate of drug-likeness (QED) is 0.753. The molecule has 2 heterocycles. The number of amides is 1. The van der Waals surface area contributed by atoms with Gasteiger partial charge in [0, 0.05) is 15.9 Å². The summed E-state index contributed by atoms with van der Waals surface area (Å²) in [5.41, 5.74) is 0. The zero-order chi connectivity index (χ0) is 14.7. The molecule has 0 fully saturated rings. The Bertz CT molecular complexity index is 562. The molecule has 20 heavy (non-hydrogen) atoms. The molecular weight excluding hydrogens is 424 g/mol. The molecule has 0 aliphatic heterocycles. The van der Waals surface area contributed by atoms with Gasteiger partial charge in [0.1, 0.15) is 0 Å². The van der Waals surface area contributed by atoms with Crippen LogP contribution in [0.4, 0.5) is 0 Å². The van der Waals surface area contributed by atoms with Gasteiger partial charge in [0.25, 0.3) is 5.91 Å². The molecule has 1 atom stereocenters. The van der Waals surface area contributed by atoms with Gasteiger partial charge in [-0.2, -0.15) is 0 Å². The van der Waals surface area contributed by atoms with E-state index in [9.17, 15) is 4.79 Å². The molecule has 0 spiro atoms. The van der Waals surface area contributed by atoms with Gasteiger partial charge in [-0.25, -0.2) is 0 Å². The van der Waals surface area contributed by atoms with E-state index in [4.69, 9.17) is 0 Å². The maximum Gasteiger partial charge on any atom is 0.261 e. The average Bonchev–Trinajstić information content (AvgIpc) is 3.00. The molecule has 0 aromatic carbocycles. The van der Waals surface area contributed by atoms with E-state index in [2.05, 4.69) is 53.5 Å². The minimum atomic E-state index is -0.0372. The third kappa shape index (κ3) is 3.92. The largest absolute Gasteiger partial charge is 0.349 e. The Morgan fingerprint density at radius 1 is 1.45 bits per heavy atom. The third-order valence-corrected chi connectivity index (χ3v) is 7.05. The minimum Gasteiger partial charge on any atom is -0.349 e. The molecule has 1 unspecified atom stereocenters. The van der Waals surface area contributed by atoms with Gasteiger partial charge in [0.2, 0.25) is 0 Å². The Hall–Kier alpha value is -0.210. The van der Waals surface area contributed by atoms with Crippen LogP contribution in [-0.4, -0.2) is 31.4 Å². The smallest absolute Gasteiger partial charge is 0.261 e. The van der Waals surface area contributed by atoms with Crippen LogP contribution in [0, 0.1) is 0 Å². The van der Waals surface area contributed by atoms with Crippen molar-refractivity contribution in [2.24, 2.45) is 0 Å². The van der Waals surface area contributed by atoms with Gasteiger partial charge in [-0.3, -0.25) is 4.79 Å². The molecule has 1 N–H and O–H groups in total. The van der Waals surface area contributed by atoms with Gasteiger partial charge in [-0.05, 0) is 63.5 Å². The van der Waals surface area contributed by atoms with Gasteiger partial charge in [0.15, 0.2) is 0 Å². The lowest BCUT2D eigenvalue weighted by atomic mass is 10.2. The highest BCUT2D eigenvalue weighted by molar-refractivity contribution is 9.13. The van der Waals surface area contributed by atoms with E-state index in [-0.39, 0.29) is 11.9 Å². The second kappa shape index (κ2) is 7.17. The highest BCUT2D eigenvalue weighted by Crippen LogP contribution is 2.32.